The summed E-state index contributed by atoms with van der Waals surface area (Å²) in [6.07, 6.45) is 0.197. The average Bonchev–Trinajstić information content (AvgIpc) is 2.46. The normalized spacial score (nSPS) is 12.4. The van der Waals surface area contributed by atoms with Gasteiger partial charge in [0.25, 0.3) is 0 Å². The second-order valence-corrected chi connectivity index (χ2v) is 5.29. The molecule has 0 aliphatic rings. The van der Waals surface area contributed by atoms with Crippen LogP contribution in [0.15, 0.2) is 54.6 Å². The van der Waals surface area contributed by atoms with Gasteiger partial charge in [0, 0.05) is 18.2 Å². The van der Waals surface area contributed by atoms with Crippen LogP contribution in [0.5, 0.6) is 5.75 Å². The molecule has 0 aliphatic carbocycles. The first-order chi connectivity index (χ1) is 9.66. The van der Waals surface area contributed by atoms with Gasteiger partial charge < -0.3 is 10.1 Å². The molecule has 1 N–H and O–H groups in total. The molecular weight excluding hydrogens is 246 g/mol. The van der Waals surface area contributed by atoms with E-state index in [1.54, 1.807) is 0 Å². The molecule has 1 unspecified atom stereocenters. The Bertz CT molecular complexity index is 522. The van der Waals surface area contributed by atoms with Crippen molar-refractivity contribution in [3.8, 4) is 5.75 Å². The summed E-state index contributed by atoms with van der Waals surface area (Å²) in [5.74, 6) is 0.968. The van der Waals surface area contributed by atoms with Crippen molar-refractivity contribution in [1.29, 1.82) is 0 Å². The van der Waals surface area contributed by atoms with E-state index < -0.39 is 0 Å². The summed E-state index contributed by atoms with van der Waals surface area (Å²) in [5.41, 5.74) is 2.50. The second-order valence-electron chi connectivity index (χ2n) is 5.29. The molecule has 1 atom stereocenters. The molecule has 0 saturated carbocycles. The molecule has 0 aliphatic heterocycles. The molecule has 0 fully saturated rings. The monoisotopic (exact) mass is 269 g/mol. The Kier molecular flexibility index (Phi) is 5.19. The molecule has 0 saturated heterocycles. The van der Waals surface area contributed by atoms with E-state index in [2.05, 4.69) is 62.5 Å². The molecular formula is C18H23NO. The number of nitrogens with one attached hydrogen (secondary N) is 1. The Morgan fingerprint density at radius 1 is 0.900 bits per heavy atom. The number of benzene rings is 2. The van der Waals surface area contributed by atoms with Gasteiger partial charge in [-0.25, -0.2) is 0 Å². The van der Waals surface area contributed by atoms with Crippen molar-refractivity contribution in [1.82, 2.24) is 5.32 Å². The van der Waals surface area contributed by atoms with Crippen LogP contribution in [0.2, 0.25) is 0 Å². The first kappa shape index (κ1) is 14.6. The highest BCUT2D eigenvalue weighted by Gasteiger charge is 2.08. The smallest absolute Gasteiger partial charge is 0.124 e. The fraction of sp³-hybridized carbons (Fsp3) is 0.333. The summed E-state index contributed by atoms with van der Waals surface area (Å²) in [7, 11) is 0. The van der Waals surface area contributed by atoms with E-state index >= 15 is 0 Å². The van der Waals surface area contributed by atoms with Gasteiger partial charge in [0.1, 0.15) is 5.75 Å². The predicted octanol–water partition coefficient (Wildman–Crippen LogP) is 4.32. The first-order valence-electron chi connectivity index (χ1n) is 7.19. The highest BCUT2D eigenvalue weighted by atomic mass is 16.5. The minimum atomic E-state index is 0.197. The second kappa shape index (κ2) is 7.11. The van der Waals surface area contributed by atoms with Crippen molar-refractivity contribution in [3.05, 3.63) is 65.7 Å². The van der Waals surface area contributed by atoms with Crippen LogP contribution in [0.25, 0.3) is 0 Å². The lowest BCUT2D eigenvalue weighted by molar-refractivity contribution is 0.239. The minimum absolute atomic E-state index is 0.197. The summed E-state index contributed by atoms with van der Waals surface area (Å²) in [6.45, 7) is 7.09. The van der Waals surface area contributed by atoms with Gasteiger partial charge in [0.15, 0.2) is 0 Å². The van der Waals surface area contributed by atoms with E-state index in [1.165, 1.54) is 11.1 Å². The Morgan fingerprint density at radius 3 is 2.25 bits per heavy atom. The number of hydrogen-bond donors (Lipinski definition) is 1. The lowest BCUT2D eigenvalue weighted by Crippen LogP contribution is -2.19. The zero-order valence-electron chi connectivity index (χ0n) is 12.5. The van der Waals surface area contributed by atoms with Crippen LogP contribution in [0.1, 0.15) is 37.9 Å². The highest BCUT2D eigenvalue weighted by molar-refractivity contribution is 5.33. The lowest BCUT2D eigenvalue weighted by Gasteiger charge is -2.17. The van der Waals surface area contributed by atoms with Crippen molar-refractivity contribution >= 4 is 0 Å². The summed E-state index contributed by atoms with van der Waals surface area (Å²) >= 11 is 0. The molecule has 0 radical (unpaired) electrons. The van der Waals surface area contributed by atoms with Gasteiger partial charge in [-0.2, -0.15) is 0 Å². The van der Waals surface area contributed by atoms with Crippen LogP contribution in [0, 0.1) is 0 Å². The predicted molar refractivity (Wildman–Crippen MR) is 83.9 cm³/mol. The van der Waals surface area contributed by atoms with Gasteiger partial charge in [-0.05, 0) is 32.4 Å². The number of para-hydroxylation sites is 1. The van der Waals surface area contributed by atoms with Gasteiger partial charge in [-0.3, -0.25) is 0 Å². The van der Waals surface area contributed by atoms with E-state index in [0.717, 1.165) is 12.3 Å². The molecule has 0 spiro atoms. The molecule has 106 valence electrons. The van der Waals surface area contributed by atoms with Crippen LogP contribution in [-0.2, 0) is 6.54 Å². The summed E-state index contributed by atoms with van der Waals surface area (Å²) < 4.78 is 5.84. The number of hydrogen-bond acceptors (Lipinski definition) is 2. The van der Waals surface area contributed by atoms with Gasteiger partial charge in [0.2, 0.25) is 0 Å². The zero-order valence-corrected chi connectivity index (χ0v) is 12.5. The third-order valence-electron chi connectivity index (χ3n) is 3.23. The molecule has 2 rings (SSSR count). The van der Waals surface area contributed by atoms with E-state index in [-0.39, 0.29) is 6.10 Å². The van der Waals surface area contributed by atoms with Gasteiger partial charge in [-0.1, -0.05) is 48.5 Å². The first-order valence-corrected chi connectivity index (χ1v) is 7.19. The van der Waals surface area contributed by atoms with Gasteiger partial charge in [-0.15, -0.1) is 0 Å². The SMILES string of the molecule is CC(C)Oc1ccccc1CNC(C)c1ccccc1. The standard InChI is InChI=1S/C18H23NO/c1-14(2)20-18-12-8-7-11-17(18)13-19-15(3)16-9-5-4-6-10-16/h4-12,14-15,19H,13H2,1-3H3. The quantitative estimate of drug-likeness (QED) is 0.843. The topological polar surface area (TPSA) is 21.3 Å². The van der Waals surface area contributed by atoms with Crippen LogP contribution in [0.3, 0.4) is 0 Å². The third kappa shape index (κ3) is 4.10. The Labute approximate surface area is 121 Å². The van der Waals surface area contributed by atoms with Crippen LogP contribution >= 0.6 is 0 Å². The molecule has 2 aromatic rings. The van der Waals surface area contributed by atoms with E-state index in [9.17, 15) is 0 Å². The Hall–Kier alpha value is -1.80. The Morgan fingerprint density at radius 2 is 1.55 bits per heavy atom. The molecule has 0 bridgehead atoms. The fourth-order valence-electron chi connectivity index (χ4n) is 2.14. The maximum Gasteiger partial charge on any atom is 0.124 e. The molecule has 2 heteroatoms. The summed E-state index contributed by atoms with van der Waals surface area (Å²) in [6, 6.07) is 19.0. The molecule has 0 heterocycles. The number of ether oxygens (including phenoxy) is 1. The lowest BCUT2D eigenvalue weighted by atomic mass is 10.1. The highest BCUT2D eigenvalue weighted by Crippen LogP contribution is 2.20. The van der Waals surface area contributed by atoms with Crippen molar-refractivity contribution in [3.63, 3.8) is 0 Å². The van der Waals surface area contributed by atoms with Crippen molar-refractivity contribution < 1.29 is 4.74 Å². The summed E-state index contributed by atoms with van der Waals surface area (Å²) in [5, 5.41) is 3.55. The molecule has 0 amide bonds. The Balaban J connectivity index is 2.00. The van der Waals surface area contributed by atoms with E-state index in [1.807, 2.05) is 18.2 Å². The molecule has 2 aromatic carbocycles. The van der Waals surface area contributed by atoms with E-state index in [0.29, 0.717) is 6.04 Å². The van der Waals surface area contributed by atoms with Gasteiger partial charge >= 0.3 is 0 Å². The molecule has 20 heavy (non-hydrogen) atoms. The largest absolute Gasteiger partial charge is 0.491 e. The van der Waals surface area contributed by atoms with Crippen molar-refractivity contribution in [2.24, 2.45) is 0 Å². The third-order valence-corrected chi connectivity index (χ3v) is 3.23. The van der Waals surface area contributed by atoms with Crippen LogP contribution in [-0.4, -0.2) is 6.10 Å². The number of rotatable bonds is 6. The van der Waals surface area contributed by atoms with Crippen LogP contribution < -0.4 is 10.1 Å². The van der Waals surface area contributed by atoms with Gasteiger partial charge in [0.05, 0.1) is 6.10 Å². The van der Waals surface area contributed by atoms with Crippen LogP contribution in [0.4, 0.5) is 0 Å². The molecule has 2 nitrogen and oxygen atoms in total. The minimum Gasteiger partial charge on any atom is -0.491 e. The van der Waals surface area contributed by atoms with E-state index in [4.69, 9.17) is 4.74 Å². The maximum atomic E-state index is 5.84. The maximum absolute atomic E-state index is 5.84. The molecule has 0 aromatic heterocycles. The van der Waals surface area contributed by atoms with Crippen molar-refractivity contribution in [2.45, 2.75) is 39.5 Å². The summed E-state index contributed by atoms with van der Waals surface area (Å²) in [4.78, 5) is 0. The zero-order chi connectivity index (χ0) is 14.4. The van der Waals surface area contributed by atoms with Crippen molar-refractivity contribution in [2.75, 3.05) is 0 Å². The fourth-order valence-corrected chi connectivity index (χ4v) is 2.14. The average molecular weight is 269 g/mol.